The van der Waals surface area contributed by atoms with Crippen LogP contribution < -0.4 is 4.74 Å². The third-order valence-corrected chi connectivity index (χ3v) is 4.90. The van der Waals surface area contributed by atoms with Crippen molar-refractivity contribution in [2.45, 2.75) is 39.7 Å². The average Bonchev–Trinajstić information content (AvgIpc) is 2.62. The van der Waals surface area contributed by atoms with Gasteiger partial charge in [-0.15, -0.1) is 0 Å². The predicted octanol–water partition coefficient (Wildman–Crippen LogP) is 2.86. The second-order valence-corrected chi connectivity index (χ2v) is 6.02. The van der Waals surface area contributed by atoms with Crippen molar-refractivity contribution < 1.29 is 14.3 Å². The van der Waals surface area contributed by atoms with E-state index in [0.29, 0.717) is 32.5 Å². The van der Waals surface area contributed by atoms with Gasteiger partial charge in [0.15, 0.2) is 0 Å². The lowest BCUT2D eigenvalue weighted by molar-refractivity contribution is -0.147. The van der Waals surface area contributed by atoms with E-state index in [1.165, 1.54) is 0 Å². The molecule has 1 saturated heterocycles. The van der Waals surface area contributed by atoms with Gasteiger partial charge in [-0.1, -0.05) is 18.2 Å². The lowest BCUT2D eigenvalue weighted by Gasteiger charge is -2.42. The van der Waals surface area contributed by atoms with E-state index >= 15 is 0 Å². The summed E-state index contributed by atoms with van der Waals surface area (Å²) in [5.74, 6) is 0.741. The summed E-state index contributed by atoms with van der Waals surface area (Å²) in [6, 6.07) is 7.43. The first-order valence-corrected chi connectivity index (χ1v) is 8.80. The van der Waals surface area contributed by atoms with Crippen LogP contribution in [0.3, 0.4) is 0 Å². The smallest absolute Gasteiger partial charge is 0.228 e. The van der Waals surface area contributed by atoms with Crippen molar-refractivity contribution in [2.24, 2.45) is 5.92 Å². The van der Waals surface area contributed by atoms with Crippen LogP contribution in [0.2, 0.25) is 0 Å². The van der Waals surface area contributed by atoms with Crippen LogP contribution in [0.25, 0.3) is 0 Å². The second-order valence-electron chi connectivity index (χ2n) is 6.02. The Labute approximate surface area is 144 Å². The van der Waals surface area contributed by atoms with Gasteiger partial charge in [-0.25, -0.2) is 0 Å². The summed E-state index contributed by atoms with van der Waals surface area (Å²) in [6.45, 7) is 7.90. The molecule has 0 bridgehead atoms. The average molecular weight is 332 g/mol. The van der Waals surface area contributed by atoms with Crippen molar-refractivity contribution in [3.05, 3.63) is 29.8 Å². The maximum absolute atomic E-state index is 13.1. The number of hydrogen-bond acceptors (Lipinski definition) is 3. The van der Waals surface area contributed by atoms with Gasteiger partial charge in [0.1, 0.15) is 5.75 Å². The van der Waals surface area contributed by atoms with Gasteiger partial charge in [0.25, 0.3) is 0 Å². The van der Waals surface area contributed by atoms with Crippen LogP contribution in [0.1, 0.15) is 45.2 Å². The molecule has 5 heteroatoms. The van der Waals surface area contributed by atoms with Crippen molar-refractivity contribution >= 4 is 11.8 Å². The lowest BCUT2D eigenvalue weighted by Crippen LogP contribution is -2.49. The molecule has 0 aliphatic carbocycles. The van der Waals surface area contributed by atoms with E-state index in [1.54, 1.807) is 7.11 Å². The molecule has 0 spiro atoms. The molecule has 1 aromatic rings. The minimum atomic E-state index is -0.263. The van der Waals surface area contributed by atoms with E-state index in [0.717, 1.165) is 11.3 Å². The number of nitrogens with zero attached hydrogens (tertiary/aromatic N) is 2. The fraction of sp³-hybridized carbons (Fsp3) is 0.579. The van der Waals surface area contributed by atoms with Crippen LogP contribution in [-0.2, 0) is 9.59 Å². The van der Waals surface area contributed by atoms with Crippen molar-refractivity contribution in [1.29, 1.82) is 0 Å². The highest BCUT2D eigenvalue weighted by Crippen LogP contribution is 2.41. The molecule has 0 radical (unpaired) electrons. The number of likely N-dealkylation sites (tertiary alicyclic amines) is 1. The molecule has 0 saturated carbocycles. The summed E-state index contributed by atoms with van der Waals surface area (Å²) in [7, 11) is 1.63. The highest BCUT2D eigenvalue weighted by Gasteiger charge is 2.42. The zero-order valence-corrected chi connectivity index (χ0v) is 15.1. The van der Waals surface area contributed by atoms with Gasteiger partial charge in [0.2, 0.25) is 11.8 Å². The van der Waals surface area contributed by atoms with Gasteiger partial charge < -0.3 is 14.5 Å². The van der Waals surface area contributed by atoms with Gasteiger partial charge in [-0.05, 0) is 33.3 Å². The largest absolute Gasteiger partial charge is 0.496 e. The number of carbonyl (C=O) groups excluding carboxylic acids is 2. The Kier molecular flexibility index (Phi) is 6.23. The van der Waals surface area contributed by atoms with Crippen LogP contribution in [0.5, 0.6) is 5.75 Å². The van der Waals surface area contributed by atoms with E-state index in [-0.39, 0.29) is 23.8 Å². The summed E-state index contributed by atoms with van der Waals surface area (Å²) >= 11 is 0. The van der Waals surface area contributed by atoms with Crippen LogP contribution in [0.4, 0.5) is 0 Å². The first-order valence-electron chi connectivity index (χ1n) is 8.80. The Morgan fingerprint density at radius 3 is 2.50 bits per heavy atom. The molecule has 0 aromatic heterocycles. The molecule has 1 aromatic carbocycles. The maximum atomic E-state index is 13.1. The number of rotatable bonds is 6. The van der Waals surface area contributed by atoms with Crippen molar-refractivity contribution in [2.75, 3.05) is 26.7 Å². The van der Waals surface area contributed by atoms with Crippen LogP contribution in [0.15, 0.2) is 24.3 Å². The molecular weight excluding hydrogens is 304 g/mol. The Bertz CT molecular complexity index is 584. The minimum Gasteiger partial charge on any atom is -0.496 e. The monoisotopic (exact) mass is 332 g/mol. The Hall–Kier alpha value is -2.04. The standard InChI is InChI=1S/C19H28N2O3/c1-5-20(6-2)19(23)15-12-13-17(22)21(7-3)18(15)14-10-8-9-11-16(14)24-4/h8-11,15,18H,5-7,12-13H2,1-4H3/t15-,18+/m1/s1. The molecule has 132 valence electrons. The highest BCUT2D eigenvalue weighted by molar-refractivity contribution is 5.85. The molecule has 2 amide bonds. The summed E-state index contributed by atoms with van der Waals surface area (Å²) in [6.07, 6.45) is 1.02. The molecule has 5 nitrogen and oxygen atoms in total. The molecule has 1 heterocycles. The van der Waals surface area contributed by atoms with Crippen LogP contribution in [-0.4, -0.2) is 48.4 Å². The van der Waals surface area contributed by atoms with Crippen LogP contribution in [0, 0.1) is 5.92 Å². The Morgan fingerprint density at radius 1 is 1.25 bits per heavy atom. The molecule has 2 atom stereocenters. The topological polar surface area (TPSA) is 49.9 Å². The van der Waals surface area contributed by atoms with Gasteiger partial charge in [-0.2, -0.15) is 0 Å². The number of methoxy groups -OCH3 is 1. The summed E-state index contributed by atoms with van der Waals surface area (Å²) in [4.78, 5) is 29.2. The van der Waals surface area contributed by atoms with Crippen LogP contribution >= 0.6 is 0 Å². The molecule has 24 heavy (non-hydrogen) atoms. The molecule has 2 rings (SSSR count). The normalized spacial score (nSPS) is 20.8. The third kappa shape index (κ3) is 3.40. The number of ether oxygens (including phenoxy) is 1. The third-order valence-electron chi connectivity index (χ3n) is 4.90. The summed E-state index contributed by atoms with van der Waals surface area (Å²) in [5.41, 5.74) is 0.917. The Balaban J connectivity index is 2.48. The van der Waals surface area contributed by atoms with Gasteiger partial charge in [-0.3, -0.25) is 9.59 Å². The van der Waals surface area contributed by atoms with Crippen molar-refractivity contribution in [3.63, 3.8) is 0 Å². The van der Waals surface area contributed by atoms with Gasteiger partial charge in [0.05, 0.1) is 19.1 Å². The number of benzene rings is 1. The first kappa shape index (κ1) is 18.3. The minimum absolute atomic E-state index is 0.108. The fourth-order valence-electron chi connectivity index (χ4n) is 3.65. The second kappa shape index (κ2) is 8.18. The number of para-hydroxylation sites is 1. The number of piperidine rings is 1. The zero-order chi connectivity index (χ0) is 17.7. The fourth-order valence-corrected chi connectivity index (χ4v) is 3.65. The summed E-state index contributed by atoms with van der Waals surface area (Å²) < 4.78 is 5.50. The lowest BCUT2D eigenvalue weighted by atomic mass is 9.82. The molecule has 1 fully saturated rings. The zero-order valence-electron chi connectivity index (χ0n) is 15.1. The number of hydrogen-bond donors (Lipinski definition) is 0. The number of carbonyl (C=O) groups is 2. The van der Waals surface area contributed by atoms with E-state index in [9.17, 15) is 9.59 Å². The molecule has 1 aliphatic heterocycles. The Morgan fingerprint density at radius 2 is 1.92 bits per heavy atom. The highest BCUT2D eigenvalue weighted by atomic mass is 16.5. The van der Waals surface area contributed by atoms with Crippen molar-refractivity contribution in [1.82, 2.24) is 9.80 Å². The van der Waals surface area contributed by atoms with Crippen molar-refractivity contribution in [3.8, 4) is 5.75 Å². The molecular formula is C19H28N2O3. The van der Waals surface area contributed by atoms with E-state index in [4.69, 9.17) is 4.74 Å². The molecule has 0 N–H and O–H groups in total. The maximum Gasteiger partial charge on any atom is 0.228 e. The predicted molar refractivity (Wildman–Crippen MR) is 93.8 cm³/mol. The van der Waals surface area contributed by atoms with Gasteiger partial charge in [0, 0.05) is 31.6 Å². The summed E-state index contributed by atoms with van der Waals surface area (Å²) in [5, 5.41) is 0. The number of amides is 2. The van der Waals surface area contributed by atoms with E-state index < -0.39 is 0 Å². The van der Waals surface area contributed by atoms with E-state index in [1.807, 2.05) is 54.8 Å². The molecule has 1 aliphatic rings. The van der Waals surface area contributed by atoms with Gasteiger partial charge >= 0.3 is 0 Å². The molecule has 0 unspecified atom stereocenters. The SMILES string of the molecule is CCN(CC)C(=O)[C@@H]1CCC(=O)N(CC)[C@H]1c1ccccc1OC. The quantitative estimate of drug-likeness (QED) is 0.805. The first-order chi connectivity index (χ1) is 11.6. The van der Waals surface area contributed by atoms with E-state index in [2.05, 4.69) is 0 Å².